The Kier molecular flexibility index (Phi) is 7.54. The Morgan fingerprint density at radius 3 is 2.63 bits per heavy atom. The second kappa shape index (κ2) is 10.3. The average molecular weight is 433 g/mol. The van der Waals surface area contributed by atoms with Crippen LogP contribution in [0.2, 0.25) is 5.02 Å². The summed E-state index contributed by atoms with van der Waals surface area (Å²) < 4.78 is 11.9. The number of hydrogen-bond acceptors (Lipinski definition) is 5. The molecular formula is C22H25ClN2O5. The SMILES string of the molecule is CC(=O)N1CC[C@H](OC[C@H](CNC(=O)c2ccccc2O)Oc2ccc(Cl)cc2)C1. The van der Waals surface area contributed by atoms with Crippen LogP contribution >= 0.6 is 11.6 Å². The monoisotopic (exact) mass is 432 g/mol. The molecule has 3 rings (SSSR count). The normalized spacial score (nSPS) is 16.9. The summed E-state index contributed by atoms with van der Waals surface area (Å²) in [6, 6.07) is 13.3. The lowest BCUT2D eigenvalue weighted by atomic mass is 10.2. The van der Waals surface area contributed by atoms with Crippen molar-refractivity contribution in [3.05, 3.63) is 59.1 Å². The van der Waals surface area contributed by atoms with E-state index in [0.717, 1.165) is 6.42 Å². The Labute approximate surface area is 180 Å². The summed E-state index contributed by atoms with van der Waals surface area (Å²) in [5.74, 6) is 0.143. The van der Waals surface area contributed by atoms with Crippen molar-refractivity contribution in [3.63, 3.8) is 0 Å². The lowest BCUT2D eigenvalue weighted by Crippen LogP contribution is -2.39. The van der Waals surface area contributed by atoms with Gasteiger partial charge in [-0.1, -0.05) is 23.7 Å². The molecule has 2 N–H and O–H groups in total. The van der Waals surface area contributed by atoms with E-state index in [1.165, 1.54) is 6.07 Å². The molecule has 2 aromatic carbocycles. The van der Waals surface area contributed by atoms with Crippen LogP contribution in [0.3, 0.4) is 0 Å². The fraction of sp³-hybridized carbons (Fsp3) is 0.364. The highest BCUT2D eigenvalue weighted by Crippen LogP contribution is 2.19. The molecule has 0 spiro atoms. The molecule has 1 saturated heterocycles. The van der Waals surface area contributed by atoms with Gasteiger partial charge < -0.3 is 24.8 Å². The van der Waals surface area contributed by atoms with Crippen LogP contribution in [0.1, 0.15) is 23.7 Å². The number of nitrogens with zero attached hydrogens (tertiary/aromatic N) is 1. The number of nitrogens with one attached hydrogen (secondary N) is 1. The first-order valence-electron chi connectivity index (χ1n) is 9.78. The Hall–Kier alpha value is -2.77. The van der Waals surface area contributed by atoms with Gasteiger partial charge in [0.05, 0.1) is 24.8 Å². The summed E-state index contributed by atoms with van der Waals surface area (Å²) in [6.07, 6.45) is 0.226. The number of rotatable bonds is 8. The first-order chi connectivity index (χ1) is 14.4. The molecule has 7 nitrogen and oxygen atoms in total. The first-order valence-corrected chi connectivity index (χ1v) is 10.2. The lowest BCUT2D eigenvalue weighted by molar-refractivity contribution is -0.128. The average Bonchev–Trinajstić information content (AvgIpc) is 3.21. The predicted octanol–water partition coefficient (Wildman–Crippen LogP) is 2.86. The van der Waals surface area contributed by atoms with E-state index < -0.39 is 12.0 Å². The van der Waals surface area contributed by atoms with Gasteiger partial charge in [-0.15, -0.1) is 0 Å². The second-order valence-corrected chi connectivity index (χ2v) is 7.57. The van der Waals surface area contributed by atoms with E-state index in [0.29, 0.717) is 23.9 Å². The van der Waals surface area contributed by atoms with Crippen molar-refractivity contribution in [1.82, 2.24) is 10.2 Å². The molecule has 0 bridgehead atoms. The van der Waals surface area contributed by atoms with Crippen LogP contribution < -0.4 is 10.1 Å². The van der Waals surface area contributed by atoms with Crippen LogP contribution in [0.5, 0.6) is 11.5 Å². The van der Waals surface area contributed by atoms with E-state index in [4.69, 9.17) is 21.1 Å². The number of aromatic hydroxyl groups is 1. The Bertz CT molecular complexity index is 874. The highest BCUT2D eigenvalue weighted by Gasteiger charge is 2.26. The summed E-state index contributed by atoms with van der Waals surface area (Å²) >= 11 is 5.93. The summed E-state index contributed by atoms with van der Waals surface area (Å²) in [5, 5.41) is 13.2. The van der Waals surface area contributed by atoms with Gasteiger partial charge >= 0.3 is 0 Å². The van der Waals surface area contributed by atoms with Crippen molar-refractivity contribution < 1.29 is 24.2 Å². The zero-order valence-electron chi connectivity index (χ0n) is 16.7. The standard InChI is InChI=1S/C22H25ClN2O5/c1-15(26)25-11-10-18(13-25)29-14-19(30-17-8-6-16(23)7-9-17)12-24-22(28)20-4-2-3-5-21(20)27/h2-9,18-19,27H,10-14H2,1H3,(H,24,28)/t18-,19-/m0/s1. The van der Waals surface area contributed by atoms with Gasteiger partial charge in [0.25, 0.3) is 5.91 Å². The van der Waals surface area contributed by atoms with Gasteiger partial charge in [-0.05, 0) is 42.8 Å². The highest BCUT2D eigenvalue weighted by atomic mass is 35.5. The number of amides is 2. The largest absolute Gasteiger partial charge is 0.507 e. The second-order valence-electron chi connectivity index (χ2n) is 7.13. The van der Waals surface area contributed by atoms with Crippen LogP contribution in [-0.2, 0) is 9.53 Å². The van der Waals surface area contributed by atoms with Crippen LogP contribution in [-0.4, -0.2) is 60.3 Å². The number of para-hydroxylation sites is 1. The molecule has 8 heteroatoms. The minimum Gasteiger partial charge on any atom is -0.507 e. The van der Waals surface area contributed by atoms with Crippen LogP contribution in [0.15, 0.2) is 48.5 Å². The molecule has 2 atom stereocenters. The van der Waals surface area contributed by atoms with Gasteiger partial charge in [0.2, 0.25) is 5.91 Å². The number of ether oxygens (including phenoxy) is 2. The smallest absolute Gasteiger partial charge is 0.255 e. The molecule has 160 valence electrons. The maximum Gasteiger partial charge on any atom is 0.255 e. The predicted molar refractivity (Wildman–Crippen MR) is 113 cm³/mol. The molecule has 1 aliphatic rings. The highest BCUT2D eigenvalue weighted by molar-refractivity contribution is 6.30. The molecule has 1 heterocycles. The van der Waals surface area contributed by atoms with E-state index >= 15 is 0 Å². The summed E-state index contributed by atoms with van der Waals surface area (Å²) in [5.41, 5.74) is 0.191. The fourth-order valence-corrected chi connectivity index (χ4v) is 3.33. The molecule has 1 fully saturated rings. The summed E-state index contributed by atoms with van der Waals surface area (Å²) in [4.78, 5) is 25.7. The Morgan fingerprint density at radius 2 is 1.97 bits per heavy atom. The Balaban J connectivity index is 1.60. The topological polar surface area (TPSA) is 88.1 Å². The zero-order valence-corrected chi connectivity index (χ0v) is 17.5. The molecular weight excluding hydrogens is 408 g/mol. The van der Waals surface area contributed by atoms with Crippen molar-refractivity contribution >= 4 is 23.4 Å². The van der Waals surface area contributed by atoms with E-state index in [1.54, 1.807) is 54.3 Å². The third-order valence-corrected chi connectivity index (χ3v) is 5.12. The summed E-state index contributed by atoms with van der Waals surface area (Å²) in [6.45, 7) is 3.18. The molecule has 2 aromatic rings. The van der Waals surface area contributed by atoms with Gasteiger partial charge in [-0.25, -0.2) is 0 Å². The third kappa shape index (κ3) is 6.11. The number of halogens is 1. The molecule has 0 aliphatic carbocycles. The van der Waals surface area contributed by atoms with Crippen molar-refractivity contribution in [2.75, 3.05) is 26.2 Å². The van der Waals surface area contributed by atoms with Gasteiger partial charge in [0, 0.05) is 25.0 Å². The molecule has 2 amide bonds. The number of carbonyl (C=O) groups is 2. The first kappa shape index (κ1) is 21.9. The molecule has 30 heavy (non-hydrogen) atoms. The van der Waals surface area contributed by atoms with Crippen LogP contribution in [0.4, 0.5) is 0 Å². The number of phenolic OH excluding ortho intramolecular Hbond substituents is 1. The van der Waals surface area contributed by atoms with Crippen LogP contribution in [0, 0.1) is 0 Å². The quantitative estimate of drug-likeness (QED) is 0.669. The van der Waals surface area contributed by atoms with E-state index in [1.807, 2.05) is 0 Å². The number of benzene rings is 2. The minimum absolute atomic E-state index is 0.0324. The van der Waals surface area contributed by atoms with Gasteiger partial charge in [-0.2, -0.15) is 0 Å². The van der Waals surface area contributed by atoms with E-state index in [2.05, 4.69) is 5.32 Å². The fourth-order valence-electron chi connectivity index (χ4n) is 3.20. The van der Waals surface area contributed by atoms with Crippen molar-refractivity contribution in [2.24, 2.45) is 0 Å². The molecule has 1 aliphatic heterocycles. The maximum absolute atomic E-state index is 12.4. The minimum atomic E-state index is -0.465. The van der Waals surface area contributed by atoms with Crippen molar-refractivity contribution in [1.29, 1.82) is 0 Å². The zero-order chi connectivity index (χ0) is 21.5. The summed E-state index contributed by atoms with van der Waals surface area (Å²) in [7, 11) is 0. The Morgan fingerprint density at radius 1 is 1.23 bits per heavy atom. The van der Waals surface area contributed by atoms with Gasteiger partial charge in [0.15, 0.2) is 0 Å². The number of hydrogen-bond donors (Lipinski definition) is 2. The number of likely N-dealkylation sites (tertiary alicyclic amines) is 1. The van der Waals surface area contributed by atoms with Crippen molar-refractivity contribution in [2.45, 2.75) is 25.6 Å². The lowest BCUT2D eigenvalue weighted by Gasteiger charge is -2.22. The number of carbonyl (C=O) groups excluding carboxylic acids is 2. The molecule has 0 unspecified atom stereocenters. The number of phenols is 1. The van der Waals surface area contributed by atoms with E-state index in [9.17, 15) is 14.7 Å². The van der Waals surface area contributed by atoms with Gasteiger partial charge in [0.1, 0.15) is 17.6 Å². The molecule has 0 aromatic heterocycles. The van der Waals surface area contributed by atoms with Crippen LogP contribution in [0.25, 0.3) is 0 Å². The molecule has 0 saturated carbocycles. The van der Waals surface area contributed by atoms with E-state index in [-0.39, 0.29) is 36.5 Å². The van der Waals surface area contributed by atoms with Crippen molar-refractivity contribution in [3.8, 4) is 11.5 Å². The maximum atomic E-state index is 12.4. The molecule has 0 radical (unpaired) electrons. The third-order valence-electron chi connectivity index (χ3n) is 4.86. The van der Waals surface area contributed by atoms with Gasteiger partial charge in [-0.3, -0.25) is 9.59 Å².